The molecule has 0 aliphatic carbocycles. The number of halogens is 1. The van der Waals surface area contributed by atoms with Crippen LogP contribution in [0.25, 0.3) is 11.3 Å². The Labute approximate surface area is 160 Å². The molecule has 0 saturated carbocycles. The molecule has 0 unspecified atom stereocenters. The van der Waals surface area contributed by atoms with Gasteiger partial charge in [-0.2, -0.15) is 0 Å². The molecule has 1 aliphatic heterocycles. The lowest BCUT2D eigenvalue weighted by Gasteiger charge is -2.14. The van der Waals surface area contributed by atoms with E-state index in [0.29, 0.717) is 29.6 Å². The summed E-state index contributed by atoms with van der Waals surface area (Å²) in [5.41, 5.74) is 2.12. The van der Waals surface area contributed by atoms with Crippen LogP contribution < -0.4 is 15.5 Å². The summed E-state index contributed by atoms with van der Waals surface area (Å²) in [4.78, 5) is 25.8. The van der Waals surface area contributed by atoms with Gasteiger partial charge in [0.15, 0.2) is 5.76 Å². The molecule has 3 amide bonds. The fourth-order valence-corrected chi connectivity index (χ4v) is 3.13. The normalized spacial score (nSPS) is 13.5. The number of carbonyl (C=O) groups is 2. The summed E-state index contributed by atoms with van der Waals surface area (Å²) in [6, 6.07) is 17.6. The van der Waals surface area contributed by atoms with E-state index >= 15 is 0 Å². The third-order valence-electron chi connectivity index (χ3n) is 4.26. The van der Waals surface area contributed by atoms with Gasteiger partial charge >= 0.3 is 6.03 Å². The average Bonchev–Trinajstić information content (AvgIpc) is 3.32. The number of carbonyl (C=O) groups excluding carboxylic acids is 2. The Morgan fingerprint density at radius 2 is 1.85 bits per heavy atom. The first-order chi connectivity index (χ1) is 13.1. The van der Waals surface area contributed by atoms with Crippen LogP contribution in [-0.2, 0) is 0 Å². The third-order valence-corrected chi connectivity index (χ3v) is 4.59. The molecule has 7 heteroatoms. The van der Waals surface area contributed by atoms with E-state index in [0.717, 1.165) is 11.3 Å². The number of rotatable bonds is 4. The van der Waals surface area contributed by atoms with Crippen LogP contribution in [0.15, 0.2) is 65.1 Å². The minimum absolute atomic E-state index is 0.116. The molecule has 4 rings (SSSR count). The lowest BCUT2D eigenvalue weighted by molar-refractivity contribution is 0.0997. The third kappa shape index (κ3) is 3.52. The van der Waals surface area contributed by atoms with Gasteiger partial charge in [-0.15, -0.1) is 0 Å². The van der Waals surface area contributed by atoms with E-state index in [2.05, 4.69) is 10.6 Å². The topological polar surface area (TPSA) is 74.6 Å². The fourth-order valence-electron chi connectivity index (χ4n) is 2.90. The van der Waals surface area contributed by atoms with Crippen molar-refractivity contribution in [3.63, 3.8) is 0 Å². The second-order valence-electron chi connectivity index (χ2n) is 6.03. The molecule has 1 saturated heterocycles. The van der Waals surface area contributed by atoms with Crippen molar-refractivity contribution in [2.24, 2.45) is 0 Å². The Balaban J connectivity index is 1.47. The van der Waals surface area contributed by atoms with Gasteiger partial charge in [0.25, 0.3) is 5.91 Å². The predicted molar refractivity (Wildman–Crippen MR) is 104 cm³/mol. The summed E-state index contributed by atoms with van der Waals surface area (Å²) < 4.78 is 5.65. The minimum atomic E-state index is -0.361. The Bertz CT molecular complexity index is 998. The molecular weight excluding hydrogens is 366 g/mol. The standard InChI is InChI=1S/C20H16ClN3O3/c21-16-4-2-1-3-15(16)17-9-10-18(27-17)19(25)23-13-5-7-14(8-6-13)24-12-11-22-20(24)26/h1-10H,11-12H2,(H,22,26)(H,23,25). The van der Waals surface area contributed by atoms with E-state index in [1.165, 1.54) is 0 Å². The number of furan rings is 1. The molecule has 0 atom stereocenters. The molecule has 1 aliphatic rings. The first-order valence-corrected chi connectivity index (χ1v) is 8.81. The lowest BCUT2D eigenvalue weighted by Crippen LogP contribution is -2.27. The monoisotopic (exact) mass is 381 g/mol. The number of nitrogens with one attached hydrogen (secondary N) is 2. The molecule has 0 radical (unpaired) electrons. The van der Waals surface area contributed by atoms with Crippen LogP contribution in [-0.4, -0.2) is 25.0 Å². The van der Waals surface area contributed by atoms with Gasteiger partial charge in [-0.25, -0.2) is 4.79 Å². The maximum Gasteiger partial charge on any atom is 0.321 e. The molecule has 3 aromatic rings. The van der Waals surface area contributed by atoms with Gasteiger partial charge < -0.3 is 15.1 Å². The maximum absolute atomic E-state index is 12.4. The average molecular weight is 382 g/mol. The van der Waals surface area contributed by atoms with E-state index in [1.54, 1.807) is 47.4 Å². The van der Waals surface area contributed by atoms with Gasteiger partial charge in [-0.1, -0.05) is 23.7 Å². The molecule has 1 aromatic heterocycles. The van der Waals surface area contributed by atoms with Crippen molar-refractivity contribution in [2.45, 2.75) is 0 Å². The number of urea groups is 1. The van der Waals surface area contributed by atoms with Crippen molar-refractivity contribution in [1.29, 1.82) is 0 Å². The summed E-state index contributed by atoms with van der Waals surface area (Å²) in [5, 5.41) is 6.09. The molecule has 0 spiro atoms. The van der Waals surface area contributed by atoms with Crippen LogP contribution in [0.5, 0.6) is 0 Å². The number of amides is 3. The molecule has 0 bridgehead atoms. The zero-order chi connectivity index (χ0) is 18.8. The Hall–Kier alpha value is -3.25. The molecule has 27 heavy (non-hydrogen) atoms. The Morgan fingerprint density at radius 1 is 1.07 bits per heavy atom. The van der Waals surface area contributed by atoms with Gasteiger partial charge in [0, 0.05) is 30.0 Å². The minimum Gasteiger partial charge on any atom is -0.451 e. The zero-order valence-electron chi connectivity index (χ0n) is 14.2. The molecule has 2 heterocycles. The van der Waals surface area contributed by atoms with E-state index < -0.39 is 0 Å². The number of nitrogens with zero attached hydrogens (tertiary/aromatic N) is 1. The highest BCUT2D eigenvalue weighted by Gasteiger charge is 2.21. The van der Waals surface area contributed by atoms with Crippen LogP contribution in [0.4, 0.5) is 16.2 Å². The van der Waals surface area contributed by atoms with Crippen molar-refractivity contribution in [3.8, 4) is 11.3 Å². The predicted octanol–water partition coefficient (Wildman–Crippen LogP) is 4.38. The summed E-state index contributed by atoms with van der Waals surface area (Å²) >= 11 is 6.16. The molecular formula is C20H16ClN3O3. The highest BCUT2D eigenvalue weighted by atomic mass is 35.5. The van der Waals surface area contributed by atoms with Crippen LogP contribution in [0, 0.1) is 0 Å². The van der Waals surface area contributed by atoms with E-state index in [4.69, 9.17) is 16.0 Å². The van der Waals surface area contributed by atoms with Crippen molar-refractivity contribution >= 4 is 34.9 Å². The second kappa shape index (κ2) is 7.17. The molecule has 1 fully saturated rings. The highest BCUT2D eigenvalue weighted by Crippen LogP contribution is 2.29. The molecule has 6 nitrogen and oxygen atoms in total. The molecule has 136 valence electrons. The van der Waals surface area contributed by atoms with Gasteiger partial charge in [0.05, 0.1) is 5.02 Å². The van der Waals surface area contributed by atoms with Crippen molar-refractivity contribution in [3.05, 3.63) is 71.4 Å². The summed E-state index contributed by atoms with van der Waals surface area (Å²) in [6.07, 6.45) is 0. The SMILES string of the molecule is O=C(Nc1ccc(N2CCNC2=O)cc1)c1ccc(-c2ccccc2Cl)o1. The van der Waals surface area contributed by atoms with Gasteiger partial charge in [-0.05, 0) is 48.5 Å². The van der Waals surface area contributed by atoms with E-state index in [9.17, 15) is 9.59 Å². The number of benzene rings is 2. The first-order valence-electron chi connectivity index (χ1n) is 8.43. The summed E-state index contributed by atoms with van der Waals surface area (Å²) in [6.45, 7) is 1.26. The Morgan fingerprint density at radius 3 is 2.56 bits per heavy atom. The highest BCUT2D eigenvalue weighted by molar-refractivity contribution is 6.33. The van der Waals surface area contributed by atoms with Crippen molar-refractivity contribution in [1.82, 2.24) is 5.32 Å². The Kier molecular flexibility index (Phi) is 4.56. The lowest BCUT2D eigenvalue weighted by atomic mass is 10.2. The first kappa shape index (κ1) is 17.2. The van der Waals surface area contributed by atoms with Crippen LogP contribution in [0.3, 0.4) is 0 Å². The van der Waals surface area contributed by atoms with Gasteiger partial charge in [0.2, 0.25) is 0 Å². The largest absolute Gasteiger partial charge is 0.451 e. The molecule has 2 N–H and O–H groups in total. The van der Waals surface area contributed by atoms with Crippen molar-refractivity contribution in [2.75, 3.05) is 23.3 Å². The van der Waals surface area contributed by atoms with Crippen LogP contribution in [0.1, 0.15) is 10.6 Å². The van der Waals surface area contributed by atoms with E-state index in [1.807, 2.05) is 18.2 Å². The van der Waals surface area contributed by atoms with Crippen molar-refractivity contribution < 1.29 is 14.0 Å². The zero-order valence-corrected chi connectivity index (χ0v) is 15.0. The van der Waals surface area contributed by atoms with Crippen LogP contribution >= 0.6 is 11.6 Å². The van der Waals surface area contributed by atoms with Crippen LogP contribution in [0.2, 0.25) is 5.02 Å². The second-order valence-corrected chi connectivity index (χ2v) is 6.44. The molecule has 2 aromatic carbocycles. The van der Waals surface area contributed by atoms with E-state index in [-0.39, 0.29) is 17.7 Å². The number of hydrogen-bond donors (Lipinski definition) is 2. The smallest absolute Gasteiger partial charge is 0.321 e. The number of anilines is 2. The quantitative estimate of drug-likeness (QED) is 0.704. The fraction of sp³-hybridized carbons (Fsp3) is 0.100. The maximum atomic E-state index is 12.4. The number of hydrogen-bond acceptors (Lipinski definition) is 3. The van der Waals surface area contributed by atoms with Gasteiger partial charge in [-0.3, -0.25) is 9.69 Å². The van der Waals surface area contributed by atoms with Gasteiger partial charge in [0.1, 0.15) is 5.76 Å². The summed E-state index contributed by atoms with van der Waals surface area (Å²) in [5.74, 6) is 0.356. The summed E-state index contributed by atoms with van der Waals surface area (Å²) in [7, 11) is 0.